The van der Waals surface area contributed by atoms with Crippen molar-refractivity contribution >= 4 is 0 Å². The fourth-order valence-corrected chi connectivity index (χ4v) is 2.32. The zero-order valence-corrected chi connectivity index (χ0v) is 11.5. The highest BCUT2D eigenvalue weighted by Crippen LogP contribution is 2.17. The van der Waals surface area contributed by atoms with Crippen molar-refractivity contribution in [3.8, 4) is 0 Å². The normalized spacial score (nSPS) is 14.8. The molecule has 1 aromatic carbocycles. The van der Waals surface area contributed by atoms with Gasteiger partial charge in [0, 0.05) is 18.2 Å². The summed E-state index contributed by atoms with van der Waals surface area (Å²) in [5, 5.41) is 13.3. The molecule has 2 nitrogen and oxygen atoms in total. The van der Waals surface area contributed by atoms with Gasteiger partial charge in [-0.05, 0) is 18.9 Å². The molecule has 0 saturated carbocycles. The molecule has 0 saturated heterocycles. The van der Waals surface area contributed by atoms with Gasteiger partial charge in [0.2, 0.25) is 0 Å². The fraction of sp³-hybridized carbons (Fsp3) is 0.600. The smallest absolute Gasteiger partial charge is 0.129 e. The highest BCUT2D eigenvalue weighted by atomic mass is 19.1. The second-order valence-electron chi connectivity index (χ2n) is 4.81. The van der Waals surface area contributed by atoms with Crippen LogP contribution in [0.3, 0.4) is 0 Å². The third kappa shape index (κ3) is 4.07. The molecule has 0 amide bonds. The molecule has 0 aliphatic heterocycles. The largest absolute Gasteiger partial charge is 0.387 e. The standard InChI is InChI=1S/C15H24FNO/c1-4-12(5-2)11(3)17-10-15(18)13-8-6-7-9-14(13)16/h6-9,11-12,15,17-18H,4-5,10H2,1-3H3. The molecule has 1 rings (SSSR count). The fourth-order valence-electron chi connectivity index (χ4n) is 2.32. The lowest BCUT2D eigenvalue weighted by Crippen LogP contribution is -2.36. The molecule has 2 unspecified atom stereocenters. The molecule has 2 N–H and O–H groups in total. The molecular formula is C15H24FNO. The Morgan fingerprint density at radius 2 is 1.83 bits per heavy atom. The molecular weight excluding hydrogens is 229 g/mol. The van der Waals surface area contributed by atoms with Crippen LogP contribution in [0.15, 0.2) is 24.3 Å². The molecule has 0 heterocycles. The zero-order chi connectivity index (χ0) is 13.5. The maximum absolute atomic E-state index is 13.5. The van der Waals surface area contributed by atoms with Gasteiger partial charge in [-0.15, -0.1) is 0 Å². The minimum atomic E-state index is -0.789. The Balaban J connectivity index is 2.51. The van der Waals surface area contributed by atoms with Gasteiger partial charge in [-0.25, -0.2) is 4.39 Å². The van der Waals surface area contributed by atoms with E-state index < -0.39 is 6.10 Å². The molecule has 1 aromatic rings. The van der Waals surface area contributed by atoms with Crippen molar-refractivity contribution < 1.29 is 9.50 Å². The van der Waals surface area contributed by atoms with E-state index in [4.69, 9.17) is 0 Å². The predicted octanol–water partition coefficient (Wildman–Crippen LogP) is 3.27. The van der Waals surface area contributed by atoms with Crippen LogP contribution >= 0.6 is 0 Å². The summed E-state index contributed by atoms with van der Waals surface area (Å²) < 4.78 is 13.5. The van der Waals surface area contributed by atoms with E-state index in [9.17, 15) is 9.50 Å². The summed E-state index contributed by atoms with van der Waals surface area (Å²) in [6.07, 6.45) is 1.43. The Hall–Kier alpha value is -0.930. The highest BCUT2D eigenvalue weighted by molar-refractivity contribution is 5.19. The Kier molecular flexibility index (Phi) is 6.30. The average molecular weight is 253 g/mol. The number of aliphatic hydroxyl groups excluding tert-OH is 1. The number of rotatable bonds is 7. The molecule has 102 valence electrons. The highest BCUT2D eigenvalue weighted by Gasteiger charge is 2.16. The third-order valence-electron chi connectivity index (χ3n) is 3.65. The number of nitrogens with one attached hydrogen (secondary N) is 1. The van der Waals surface area contributed by atoms with Crippen molar-refractivity contribution in [3.63, 3.8) is 0 Å². The molecule has 0 bridgehead atoms. The van der Waals surface area contributed by atoms with E-state index in [-0.39, 0.29) is 5.82 Å². The summed E-state index contributed by atoms with van der Waals surface area (Å²) in [5.74, 6) is 0.250. The molecule has 0 aromatic heterocycles. The van der Waals surface area contributed by atoms with Gasteiger partial charge < -0.3 is 10.4 Å². The Morgan fingerprint density at radius 1 is 1.22 bits per heavy atom. The molecule has 0 radical (unpaired) electrons. The predicted molar refractivity (Wildman–Crippen MR) is 72.9 cm³/mol. The Morgan fingerprint density at radius 3 is 2.39 bits per heavy atom. The van der Waals surface area contributed by atoms with Crippen molar-refractivity contribution in [1.29, 1.82) is 0 Å². The Labute approximate surface area is 109 Å². The van der Waals surface area contributed by atoms with Crippen LogP contribution in [0.1, 0.15) is 45.3 Å². The van der Waals surface area contributed by atoms with E-state index in [1.54, 1.807) is 18.2 Å². The number of aliphatic hydroxyl groups is 1. The quantitative estimate of drug-likeness (QED) is 0.781. The van der Waals surface area contributed by atoms with E-state index in [0.717, 1.165) is 12.8 Å². The maximum Gasteiger partial charge on any atom is 0.129 e. The second kappa shape index (κ2) is 7.49. The van der Waals surface area contributed by atoms with Crippen LogP contribution in [-0.4, -0.2) is 17.7 Å². The van der Waals surface area contributed by atoms with Crippen LogP contribution in [0.25, 0.3) is 0 Å². The lowest BCUT2D eigenvalue weighted by molar-refractivity contribution is 0.160. The third-order valence-corrected chi connectivity index (χ3v) is 3.65. The van der Waals surface area contributed by atoms with Gasteiger partial charge in [0.1, 0.15) is 5.82 Å². The van der Waals surface area contributed by atoms with Crippen molar-refractivity contribution in [1.82, 2.24) is 5.32 Å². The van der Waals surface area contributed by atoms with Crippen LogP contribution in [0.5, 0.6) is 0 Å². The molecule has 18 heavy (non-hydrogen) atoms. The summed E-state index contributed by atoms with van der Waals surface area (Å²) in [7, 11) is 0. The van der Waals surface area contributed by atoms with Crippen LogP contribution in [0.2, 0.25) is 0 Å². The summed E-state index contributed by atoms with van der Waals surface area (Å²) >= 11 is 0. The average Bonchev–Trinajstić information content (AvgIpc) is 2.38. The molecule has 0 spiro atoms. The summed E-state index contributed by atoms with van der Waals surface area (Å²) in [6.45, 7) is 6.84. The molecule has 3 heteroatoms. The first-order valence-electron chi connectivity index (χ1n) is 6.76. The van der Waals surface area contributed by atoms with Crippen LogP contribution in [0.4, 0.5) is 4.39 Å². The zero-order valence-electron chi connectivity index (χ0n) is 11.5. The van der Waals surface area contributed by atoms with Gasteiger partial charge in [0.05, 0.1) is 6.10 Å². The van der Waals surface area contributed by atoms with Crippen molar-refractivity contribution in [2.45, 2.75) is 45.8 Å². The molecule has 2 atom stereocenters. The first kappa shape index (κ1) is 15.1. The van der Waals surface area contributed by atoms with Crippen molar-refractivity contribution in [3.05, 3.63) is 35.6 Å². The Bertz CT molecular complexity index is 352. The SMILES string of the molecule is CCC(CC)C(C)NCC(O)c1ccccc1F. The minimum Gasteiger partial charge on any atom is -0.387 e. The van der Waals surface area contributed by atoms with E-state index in [0.29, 0.717) is 24.1 Å². The van der Waals surface area contributed by atoms with E-state index in [1.165, 1.54) is 6.07 Å². The van der Waals surface area contributed by atoms with Crippen molar-refractivity contribution in [2.24, 2.45) is 5.92 Å². The summed E-state index contributed by atoms with van der Waals surface area (Å²) in [5.41, 5.74) is 0.363. The monoisotopic (exact) mass is 253 g/mol. The van der Waals surface area contributed by atoms with E-state index in [2.05, 4.69) is 26.1 Å². The molecule has 0 aliphatic carbocycles. The minimum absolute atomic E-state index is 0.335. The lowest BCUT2D eigenvalue weighted by Gasteiger charge is -2.24. The van der Waals surface area contributed by atoms with Gasteiger partial charge in [0.25, 0.3) is 0 Å². The van der Waals surface area contributed by atoms with Crippen LogP contribution in [-0.2, 0) is 0 Å². The van der Waals surface area contributed by atoms with Gasteiger partial charge in [-0.3, -0.25) is 0 Å². The number of benzene rings is 1. The number of halogens is 1. The van der Waals surface area contributed by atoms with Gasteiger partial charge in [0.15, 0.2) is 0 Å². The van der Waals surface area contributed by atoms with E-state index >= 15 is 0 Å². The first-order valence-corrected chi connectivity index (χ1v) is 6.76. The number of hydrogen-bond acceptors (Lipinski definition) is 2. The topological polar surface area (TPSA) is 32.3 Å². The lowest BCUT2D eigenvalue weighted by atomic mass is 9.95. The van der Waals surface area contributed by atoms with Gasteiger partial charge in [-0.2, -0.15) is 0 Å². The van der Waals surface area contributed by atoms with Gasteiger partial charge >= 0.3 is 0 Å². The van der Waals surface area contributed by atoms with Crippen LogP contribution < -0.4 is 5.32 Å². The second-order valence-corrected chi connectivity index (χ2v) is 4.81. The molecule has 0 aliphatic rings. The summed E-state index contributed by atoms with van der Waals surface area (Å²) in [6, 6.07) is 6.71. The first-order chi connectivity index (χ1) is 8.60. The van der Waals surface area contributed by atoms with E-state index in [1.807, 2.05) is 0 Å². The summed E-state index contributed by atoms with van der Waals surface area (Å²) in [4.78, 5) is 0. The van der Waals surface area contributed by atoms with Crippen molar-refractivity contribution in [2.75, 3.05) is 6.54 Å². The number of hydrogen-bond donors (Lipinski definition) is 2. The van der Waals surface area contributed by atoms with Gasteiger partial charge in [-0.1, -0.05) is 44.9 Å². The van der Waals surface area contributed by atoms with Crippen LogP contribution in [0, 0.1) is 11.7 Å². The maximum atomic E-state index is 13.5. The molecule has 0 fully saturated rings.